The number of aryl methyl sites for hydroxylation is 1. The molecule has 0 amide bonds. The van der Waals surface area contributed by atoms with Crippen LogP contribution in [0.3, 0.4) is 0 Å². The van der Waals surface area contributed by atoms with E-state index in [1.807, 2.05) is 0 Å². The maximum absolute atomic E-state index is 11.9. The molecule has 3 fully saturated rings. The second kappa shape index (κ2) is 8.10. The first-order valence-electron chi connectivity index (χ1n) is 13.5. The summed E-state index contributed by atoms with van der Waals surface area (Å²) in [4.78, 5) is 11.2. The van der Waals surface area contributed by atoms with Gasteiger partial charge in [-0.1, -0.05) is 34.1 Å². The number of carboxylic acid groups (broad SMARTS) is 1. The molecule has 184 valence electrons. The van der Waals surface area contributed by atoms with Crippen LogP contribution in [0.4, 0.5) is 0 Å². The van der Waals surface area contributed by atoms with Crippen molar-refractivity contribution in [1.29, 1.82) is 0 Å². The van der Waals surface area contributed by atoms with E-state index in [9.17, 15) is 15.0 Å². The Hall–Kier alpha value is -1.36. The Morgan fingerprint density at radius 1 is 1.21 bits per heavy atom. The number of hydrogen-bond donors (Lipinski definition) is 2. The number of nitrogens with zero attached hydrogens (tertiary/aromatic N) is 2. The van der Waals surface area contributed by atoms with E-state index >= 15 is 0 Å². The van der Waals surface area contributed by atoms with Gasteiger partial charge in [0.25, 0.3) is 0 Å². The molecule has 3 saturated carbocycles. The monoisotopic (exact) mass is 456 g/mol. The Kier molecular flexibility index (Phi) is 5.74. The average molecular weight is 457 g/mol. The van der Waals surface area contributed by atoms with Gasteiger partial charge in [-0.15, -0.1) is 0 Å². The van der Waals surface area contributed by atoms with E-state index in [1.165, 1.54) is 36.9 Å². The zero-order valence-electron chi connectivity index (χ0n) is 21.3. The molecule has 0 saturated heterocycles. The van der Waals surface area contributed by atoms with Crippen molar-refractivity contribution in [2.24, 2.45) is 59.3 Å². The summed E-state index contributed by atoms with van der Waals surface area (Å²) in [5.74, 6) is 2.73. The predicted molar refractivity (Wildman–Crippen MR) is 129 cm³/mol. The van der Waals surface area contributed by atoms with Gasteiger partial charge in [0.05, 0.1) is 12.3 Å². The Morgan fingerprint density at radius 2 is 1.94 bits per heavy atom. The molecule has 4 aliphatic carbocycles. The molecule has 1 aromatic heterocycles. The summed E-state index contributed by atoms with van der Waals surface area (Å²) in [5.41, 5.74) is 3.28. The highest BCUT2D eigenvalue weighted by Gasteiger charge is 2.65. The molecule has 2 N–H and O–H groups in total. The molecule has 0 aliphatic heterocycles. The Morgan fingerprint density at radius 3 is 2.64 bits per heavy atom. The molecule has 0 aromatic carbocycles. The standard InChI is InChI=1S/C28H44N2O3/c1-6-18-22-13-23-17(15-29-30(23)5)14-28(22,4)21-11-12-27(3)19(16(2)7-10-24(31)32)8-9-20(27)25(21)26(18)33/h15-16,18-22,25-26,33H,6-14H2,1-5H3,(H,31,32)/t16-,18-,19-,20+,21+,22+,25+,26-,27-,28-/m1/s1. The van der Waals surface area contributed by atoms with Crippen molar-refractivity contribution in [3.63, 3.8) is 0 Å². The minimum Gasteiger partial charge on any atom is -0.481 e. The highest BCUT2D eigenvalue weighted by molar-refractivity contribution is 5.66. The third-order valence-electron chi connectivity index (χ3n) is 11.6. The van der Waals surface area contributed by atoms with Crippen molar-refractivity contribution < 1.29 is 15.0 Å². The zero-order valence-corrected chi connectivity index (χ0v) is 21.3. The molecular formula is C28H44N2O3. The summed E-state index contributed by atoms with van der Waals surface area (Å²) < 4.78 is 2.07. The third-order valence-corrected chi connectivity index (χ3v) is 11.6. The lowest BCUT2D eigenvalue weighted by Crippen LogP contribution is -2.62. The number of carbonyl (C=O) groups is 1. The smallest absolute Gasteiger partial charge is 0.303 e. The highest BCUT2D eigenvalue weighted by Crippen LogP contribution is 2.69. The molecule has 5 nitrogen and oxygen atoms in total. The van der Waals surface area contributed by atoms with Gasteiger partial charge in [-0.25, -0.2) is 0 Å². The fourth-order valence-electron chi connectivity index (χ4n) is 9.97. The van der Waals surface area contributed by atoms with Gasteiger partial charge in [-0.3, -0.25) is 9.48 Å². The van der Waals surface area contributed by atoms with Gasteiger partial charge in [0.15, 0.2) is 0 Å². The van der Waals surface area contributed by atoms with Gasteiger partial charge < -0.3 is 10.2 Å². The van der Waals surface area contributed by atoms with Crippen LogP contribution in [-0.2, 0) is 24.7 Å². The van der Waals surface area contributed by atoms with Gasteiger partial charge in [0.2, 0.25) is 0 Å². The number of fused-ring (bicyclic) bond motifs is 6. The van der Waals surface area contributed by atoms with E-state index in [0.717, 1.165) is 25.7 Å². The minimum atomic E-state index is -0.676. The maximum Gasteiger partial charge on any atom is 0.303 e. The van der Waals surface area contributed by atoms with Gasteiger partial charge in [-0.2, -0.15) is 5.10 Å². The van der Waals surface area contributed by atoms with E-state index in [-0.39, 0.29) is 23.4 Å². The largest absolute Gasteiger partial charge is 0.481 e. The van der Waals surface area contributed by atoms with Crippen molar-refractivity contribution in [2.45, 2.75) is 91.6 Å². The lowest BCUT2D eigenvalue weighted by molar-refractivity contribution is -0.186. The second-order valence-corrected chi connectivity index (χ2v) is 12.7. The van der Waals surface area contributed by atoms with Gasteiger partial charge in [-0.05, 0) is 103 Å². The Bertz CT molecular complexity index is 911. The van der Waals surface area contributed by atoms with E-state index < -0.39 is 5.97 Å². The van der Waals surface area contributed by atoms with Crippen LogP contribution in [-0.4, -0.2) is 32.1 Å². The molecular weight excluding hydrogens is 412 g/mol. The normalized spacial score (nSPS) is 45.0. The highest BCUT2D eigenvalue weighted by atomic mass is 16.4. The van der Waals surface area contributed by atoms with Crippen LogP contribution in [0.25, 0.3) is 0 Å². The summed E-state index contributed by atoms with van der Waals surface area (Å²) in [6.45, 7) is 9.60. The third kappa shape index (κ3) is 3.35. The molecule has 0 unspecified atom stereocenters. The number of aliphatic hydroxyl groups is 1. The quantitative estimate of drug-likeness (QED) is 0.646. The maximum atomic E-state index is 11.9. The van der Waals surface area contributed by atoms with Gasteiger partial charge in [0.1, 0.15) is 0 Å². The number of aromatic nitrogens is 2. The summed E-state index contributed by atoms with van der Waals surface area (Å²) in [6.07, 6.45) is 11.0. The Labute approximate surface area is 199 Å². The number of carboxylic acids is 1. The molecule has 0 radical (unpaired) electrons. The van der Waals surface area contributed by atoms with E-state index in [2.05, 4.69) is 50.7 Å². The first kappa shape index (κ1) is 23.4. The fourth-order valence-corrected chi connectivity index (χ4v) is 9.97. The first-order chi connectivity index (χ1) is 15.6. The van der Waals surface area contributed by atoms with Crippen LogP contribution in [0.2, 0.25) is 0 Å². The number of aliphatic hydroxyl groups excluding tert-OH is 1. The van der Waals surface area contributed by atoms with E-state index in [4.69, 9.17) is 0 Å². The molecule has 33 heavy (non-hydrogen) atoms. The summed E-state index contributed by atoms with van der Waals surface area (Å²) in [7, 11) is 2.07. The summed E-state index contributed by atoms with van der Waals surface area (Å²) >= 11 is 0. The molecule has 0 bridgehead atoms. The fraction of sp³-hybridized carbons (Fsp3) is 0.857. The number of aliphatic carboxylic acids is 1. The Balaban J connectivity index is 1.47. The number of hydrogen-bond acceptors (Lipinski definition) is 3. The second-order valence-electron chi connectivity index (χ2n) is 12.7. The summed E-state index contributed by atoms with van der Waals surface area (Å²) in [5, 5.41) is 25.8. The van der Waals surface area contributed by atoms with Gasteiger partial charge in [0, 0.05) is 19.2 Å². The van der Waals surface area contributed by atoms with Crippen LogP contribution in [0.5, 0.6) is 0 Å². The molecule has 1 aromatic rings. The summed E-state index contributed by atoms with van der Waals surface area (Å²) in [6, 6.07) is 0. The van der Waals surface area contributed by atoms with Crippen LogP contribution in [0.15, 0.2) is 6.20 Å². The van der Waals surface area contributed by atoms with Crippen molar-refractivity contribution in [3.8, 4) is 0 Å². The first-order valence-corrected chi connectivity index (χ1v) is 13.5. The molecule has 5 rings (SSSR count). The van der Waals surface area contributed by atoms with Crippen LogP contribution < -0.4 is 0 Å². The molecule has 1 heterocycles. The average Bonchev–Trinajstić information content (AvgIpc) is 3.30. The zero-order chi connectivity index (χ0) is 23.7. The molecule has 0 spiro atoms. The van der Waals surface area contributed by atoms with Gasteiger partial charge >= 0.3 is 5.97 Å². The minimum absolute atomic E-state index is 0.217. The van der Waals surface area contributed by atoms with E-state index in [1.54, 1.807) is 0 Å². The number of rotatable bonds is 5. The molecule has 10 atom stereocenters. The van der Waals surface area contributed by atoms with Crippen molar-refractivity contribution in [3.05, 3.63) is 17.5 Å². The van der Waals surface area contributed by atoms with Crippen LogP contribution in [0, 0.1) is 52.3 Å². The topological polar surface area (TPSA) is 75.3 Å². The lowest BCUT2D eigenvalue weighted by Gasteiger charge is -2.64. The van der Waals surface area contributed by atoms with Crippen molar-refractivity contribution in [1.82, 2.24) is 9.78 Å². The SMILES string of the molecule is CC[C@H]1[C@@H](O)[C@@H]2[C@H](CC[C@]3(C)[C@@H]([C@H](C)CCC(=O)O)CC[C@@H]23)[C@@]2(C)Cc3cnn(C)c3C[C@@H]12. The van der Waals surface area contributed by atoms with Crippen LogP contribution in [0.1, 0.15) is 83.9 Å². The lowest BCUT2D eigenvalue weighted by atomic mass is 9.41. The molecule has 4 aliphatic rings. The van der Waals surface area contributed by atoms with E-state index in [0.29, 0.717) is 41.4 Å². The predicted octanol–water partition coefficient (Wildman–Crippen LogP) is 5.10. The van der Waals surface area contributed by atoms with Crippen molar-refractivity contribution >= 4 is 5.97 Å². The van der Waals surface area contributed by atoms with Crippen molar-refractivity contribution in [2.75, 3.05) is 0 Å². The molecule has 5 heteroatoms. The van der Waals surface area contributed by atoms with Crippen LogP contribution >= 0.6 is 0 Å².